The van der Waals surface area contributed by atoms with E-state index in [0.717, 1.165) is 5.56 Å². The van der Waals surface area contributed by atoms with E-state index in [0.29, 0.717) is 25.8 Å². The minimum absolute atomic E-state index is 0.114. The topological polar surface area (TPSA) is 153 Å². The summed E-state index contributed by atoms with van der Waals surface area (Å²) >= 11 is 0. The summed E-state index contributed by atoms with van der Waals surface area (Å²) in [4.78, 5) is 12.1. The van der Waals surface area contributed by atoms with Gasteiger partial charge in [0, 0.05) is 6.54 Å². The van der Waals surface area contributed by atoms with Crippen LogP contribution in [0.3, 0.4) is 0 Å². The Bertz CT molecular complexity index is 869. The molecule has 0 aromatic heterocycles. The smallest absolute Gasteiger partial charge is 0.267 e. The monoisotopic (exact) mass is 464 g/mol. The molecule has 0 aliphatic rings. The number of aryl methyl sites for hydroxylation is 1. The Kier molecular flexibility index (Phi) is 10.4. The number of hydrogen-bond acceptors (Lipinski definition) is 7. The molecule has 1 atom stereocenters. The van der Waals surface area contributed by atoms with Crippen molar-refractivity contribution in [2.45, 2.75) is 45.6 Å². The van der Waals surface area contributed by atoms with Gasteiger partial charge in [-0.25, -0.2) is 0 Å². The summed E-state index contributed by atoms with van der Waals surface area (Å²) in [5, 5.41) is 2.76. The summed E-state index contributed by atoms with van der Waals surface area (Å²) in [6, 6.07) is 9.10. The van der Waals surface area contributed by atoms with Gasteiger partial charge in [0.1, 0.15) is 0 Å². The first-order valence-corrected chi connectivity index (χ1v) is 12.9. The van der Waals surface area contributed by atoms with Crippen molar-refractivity contribution in [3.05, 3.63) is 35.9 Å². The first kappa shape index (κ1) is 26.5. The Morgan fingerprint density at radius 3 is 2.40 bits per heavy atom. The molecule has 0 saturated carbocycles. The predicted molar refractivity (Wildman–Crippen MR) is 115 cm³/mol. The summed E-state index contributed by atoms with van der Waals surface area (Å²) in [6.45, 7) is 3.79. The van der Waals surface area contributed by atoms with Crippen molar-refractivity contribution in [2.24, 2.45) is 11.1 Å². The van der Waals surface area contributed by atoms with Crippen molar-refractivity contribution in [1.29, 1.82) is 0 Å². The van der Waals surface area contributed by atoms with Crippen molar-refractivity contribution in [2.75, 3.05) is 24.7 Å². The van der Waals surface area contributed by atoms with Crippen LogP contribution in [0.25, 0.3) is 0 Å². The molecule has 172 valence electrons. The van der Waals surface area contributed by atoms with Gasteiger partial charge in [-0.05, 0) is 36.7 Å². The first-order chi connectivity index (χ1) is 13.8. The maximum absolute atomic E-state index is 12.1. The quantitative estimate of drug-likeness (QED) is 0.273. The van der Waals surface area contributed by atoms with Gasteiger partial charge in [-0.3, -0.25) is 13.5 Å². The zero-order valence-corrected chi connectivity index (χ0v) is 19.0. The molecule has 0 aliphatic carbocycles. The van der Waals surface area contributed by atoms with Crippen LogP contribution in [0.4, 0.5) is 0 Å². The SMILES string of the molecule is CC(C)(CCNC(=O)[C@@H](N)CCc1ccccc1)COS(=O)(=O)CCCS(=O)(=O)O. The largest absolute Gasteiger partial charge is 0.355 e. The summed E-state index contributed by atoms with van der Waals surface area (Å²) in [6.07, 6.45) is 1.43. The number of rotatable bonds is 14. The highest BCUT2D eigenvalue weighted by atomic mass is 32.2. The average Bonchev–Trinajstić information content (AvgIpc) is 2.64. The predicted octanol–water partition coefficient (Wildman–Crippen LogP) is 1.10. The maximum atomic E-state index is 12.1. The Labute approximate surface area is 179 Å². The molecule has 30 heavy (non-hydrogen) atoms. The fraction of sp³-hybridized carbons (Fsp3) is 0.632. The standard InChI is InChI=1S/C19H32N2O7S2/c1-19(2,15-28-30(26,27)14-6-13-29(23,24)25)11-12-21-18(22)17(20)10-9-16-7-4-3-5-8-16/h3-5,7-8,17H,6,9-15,20H2,1-2H3,(H,21,22)(H,23,24,25)/t17-/m0/s1. The second kappa shape index (κ2) is 11.8. The molecule has 1 rings (SSSR count). The average molecular weight is 465 g/mol. The number of benzene rings is 1. The Balaban J connectivity index is 2.32. The molecule has 0 heterocycles. The van der Waals surface area contributed by atoms with Gasteiger partial charge in [-0.2, -0.15) is 16.8 Å². The number of hydrogen-bond donors (Lipinski definition) is 3. The lowest BCUT2D eigenvalue weighted by Crippen LogP contribution is -2.42. The number of amides is 1. The molecule has 0 radical (unpaired) electrons. The van der Waals surface area contributed by atoms with E-state index >= 15 is 0 Å². The molecule has 0 bridgehead atoms. The minimum atomic E-state index is -4.21. The van der Waals surface area contributed by atoms with Crippen molar-refractivity contribution in [3.8, 4) is 0 Å². The van der Waals surface area contributed by atoms with Crippen molar-refractivity contribution in [3.63, 3.8) is 0 Å². The van der Waals surface area contributed by atoms with Crippen LogP contribution in [0.1, 0.15) is 38.7 Å². The van der Waals surface area contributed by atoms with Crippen LogP contribution >= 0.6 is 0 Å². The van der Waals surface area contributed by atoms with E-state index < -0.39 is 43.2 Å². The van der Waals surface area contributed by atoms with Gasteiger partial charge in [-0.15, -0.1) is 0 Å². The van der Waals surface area contributed by atoms with Gasteiger partial charge >= 0.3 is 0 Å². The summed E-state index contributed by atoms with van der Waals surface area (Å²) in [5.74, 6) is -1.41. The summed E-state index contributed by atoms with van der Waals surface area (Å²) in [5.41, 5.74) is 6.50. The third-order valence-corrected chi connectivity index (χ3v) is 6.52. The van der Waals surface area contributed by atoms with E-state index in [-0.39, 0.29) is 18.9 Å². The highest BCUT2D eigenvalue weighted by molar-refractivity contribution is 7.87. The molecule has 0 saturated heterocycles. The van der Waals surface area contributed by atoms with Crippen LogP contribution in [0.2, 0.25) is 0 Å². The van der Waals surface area contributed by atoms with Crippen molar-refractivity contribution >= 4 is 26.1 Å². The highest BCUT2D eigenvalue weighted by Crippen LogP contribution is 2.21. The van der Waals surface area contributed by atoms with Crippen molar-refractivity contribution in [1.82, 2.24) is 5.32 Å². The van der Waals surface area contributed by atoms with Crippen LogP contribution < -0.4 is 11.1 Å². The molecule has 9 nitrogen and oxygen atoms in total. The van der Waals surface area contributed by atoms with Crippen LogP contribution in [-0.2, 0) is 35.6 Å². The molecule has 0 fully saturated rings. The Morgan fingerprint density at radius 1 is 1.17 bits per heavy atom. The Morgan fingerprint density at radius 2 is 1.80 bits per heavy atom. The number of nitrogens with two attached hydrogens (primary N) is 1. The van der Waals surface area contributed by atoms with E-state index in [1.165, 1.54) is 0 Å². The third-order valence-electron chi connectivity index (χ3n) is 4.45. The van der Waals surface area contributed by atoms with Crippen LogP contribution in [0, 0.1) is 5.41 Å². The molecule has 1 amide bonds. The van der Waals surface area contributed by atoms with Gasteiger partial charge in [0.25, 0.3) is 20.2 Å². The van der Waals surface area contributed by atoms with E-state index in [2.05, 4.69) is 5.32 Å². The molecule has 0 aliphatic heterocycles. The zero-order chi connectivity index (χ0) is 22.8. The van der Waals surface area contributed by atoms with E-state index in [1.54, 1.807) is 13.8 Å². The molecular formula is C19H32N2O7S2. The molecular weight excluding hydrogens is 432 g/mol. The van der Waals surface area contributed by atoms with Gasteiger partial charge in [-0.1, -0.05) is 44.2 Å². The van der Waals surface area contributed by atoms with Gasteiger partial charge in [0.2, 0.25) is 5.91 Å². The molecule has 4 N–H and O–H groups in total. The lowest BCUT2D eigenvalue weighted by molar-refractivity contribution is -0.122. The molecule has 0 spiro atoms. The van der Waals surface area contributed by atoms with Gasteiger partial charge < -0.3 is 11.1 Å². The highest BCUT2D eigenvalue weighted by Gasteiger charge is 2.23. The summed E-state index contributed by atoms with van der Waals surface area (Å²) < 4.78 is 58.6. The Hall–Kier alpha value is -1.53. The van der Waals surface area contributed by atoms with Gasteiger partial charge in [0.05, 0.1) is 24.2 Å². The summed E-state index contributed by atoms with van der Waals surface area (Å²) in [7, 11) is -8.12. The van der Waals surface area contributed by atoms with Crippen LogP contribution in [0.15, 0.2) is 30.3 Å². The lowest BCUT2D eigenvalue weighted by atomic mass is 9.90. The van der Waals surface area contributed by atoms with E-state index in [9.17, 15) is 21.6 Å². The van der Waals surface area contributed by atoms with Crippen LogP contribution in [-0.4, -0.2) is 58.0 Å². The first-order valence-electron chi connectivity index (χ1n) is 9.69. The second-order valence-corrected chi connectivity index (χ2v) is 11.3. The van der Waals surface area contributed by atoms with E-state index in [1.807, 2.05) is 30.3 Å². The molecule has 1 aromatic carbocycles. The van der Waals surface area contributed by atoms with Crippen molar-refractivity contribution < 1.29 is 30.4 Å². The lowest BCUT2D eigenvalue weighted by Gasteiger charge is -2.24. The van der Waals surface area contributed by atoms with Crippen LogP contribution in [0.5, 0.6) is 0 Å². The molecule has 1 aromatic rings. The maximum Gasteiger partial charge on any atom is 0.267 e. The van der Waals surface area contributed by atoms with E-state index in [4.69, 9.17) is 14.5 Å². The normalized spacial score (nSPS) is 13.7. The number of nitrogens with one attached hydrogen (secondary N) is 1. The minimum Gasteiger partial charge on any atom is -0.355 e. The third kappa shape index (κ3) is 12.2. The molecule has 0 unspecified atom stereocenters. The fourth-order valence-electron chi connectivity index (χ4n) is 2.55. The number of carbonyl (C=O) groups is 1. The second-order valence-electron chi connectivity index (χ2n) is 8.00. The fourth-order valence-corrected chi connectivity index (χ4v) is 4.36. The molecule has 11 heteroatoms. The zero-order valence-electron chi connectivity index (χ0n) is 17.4. The number of carbonyl (C=O) groups excluding carboxylic acids is 1. The van der Waals surface area contributed by atoms with Gasteiger partial charge in [0.15, 0.2) is 0 Å².